The van der Waals surface area contributed by atoms with Gasteiger partial charge in [-0.05, 0) is 55.3 Å². The van der Waals surface area contributed by atoms with Gasteiger partial charge in [-0.15, -0.1) is 0 Å². The summed E-state index contributed by atoms with van der Waals surface area (Å²) in [6, 6.07) is 19.4. The SMILES string of the molecule is COc1ccc2[nH]c3c(c2c1)CCN1C(=O)N(c2ccccc2C(=O)NCc2ccccc2OC)C(=O)C31C. The summed E-state index contributed by atoms with van der Waals surface area (Å²) in [4.78, 5) is 47.4. The van der Waals surface area contributed by atoms with Gasteiger partial charge < -0.3 is 24.7 Å². The minimum Gasteiger partial charge on any atom is -0.497 e. The molecule has 9 heteroatoms. The molecule has 1 aromatic heterocycles. The van der Waals surface area contributed by atoms with Gasteiger partial charge in [0.1, 0.15) is 11.5 Å². The zero-order valence-corrected chi connectivity index (χ0v) is 21.9. The van der Waals surface area contributed by atoms with Crippen LogP contribution in [0, 0.1) is 0 Å². The van der Waals surface area contributed by atoms with Crippen LogP contribution < -0.4 is 19.7 Å². The summed E-state index contributed by atoms with van der Waals surface area (Å²) in [7, 11) is 3.19. The standard InChI is InChI=1S/C30H28N4O5/c1-30-26-20(22-16-19(38-2)12-13-23(22)32-26)14-15-33(30)29(37)34(28(30)36)24-10-6-5-9-21(24)27(35)31-17-18-8-4-7-11-25(18)39-3/h4-13,16,32H,14-15,17H2,1-3H3,(H,31,35). The van der Waals surface area contributed by atoms with Crippen molar-refractivity contribution in [2.75, 3.05) is 25.7 Å². The highest BCUT2D eigenvalue weighted by atomic mass is 16.5. The molecule has 6 rings (SSSR count). The molecule has 2 aliphatic heterocycles. The molecule has 1 atom stereocenters. The molecule has 0 bridgehead atoms. The van der Waals surface area contributed by atoms with E-state index in [-0.39, 0.29) is 17.8 Å². The monoisotopic (exact) mass is 524 g/mol. The van der Waals surface area contributed by atoms with Crippen molar-refractivity contribution in [2.24, 2.45) is 0 Å². The van der Waals surface area contributed by atoms with E-state index in [0.29, 0.717) is 24.4 Å². The average Bonchev–Trinajstić information content (AvgIpc) is 3.44. The van der Waals surface area contributed by atoms with Gasteiger partial charge in [0.2, 0.25) is 0 Å². The zero-order valence-electron chi connectivity index (χ0n) is 21.9. The number of anilines is 1. The van der Waals surface area contributed by atoms with Crippen molar-refractivity contribution < 1.29 is 23.9 Å². The number of fused-ring (bicyclic) bond motifs is 5. The maximum Gasteiger partial charge on any atom is 0.332 e. The Balaban J connectivity index is 1.35. The van der Waals surface area contributed by atoms with E-state index in [0.717, 1.165) is 32.7 Å². The summed E-state index contributed by atoms with van der Waals surface area (Å²) in [6.45, 7) is 2.36. The van der Waals surface area contributed by atoms with Gasteiger partial charge in [-0.1, -0.05) is 30.3 Å². The third kappa shape index (κ3) is 3.64. The van der Waals surface area contributed by atoms with Crippen molar-refractivity contribution in [3.63, 3.8) is 0 Å². The molecule has 2 aliphatic rings. The second kappa shape index (κ2) is 9.20. The number of nitrogens with one attached hydrogen (secondary N) is 2. The molecular weight excluding hydrogens is 496 g/mol. The number of para-hydroxylation sites is 2. The first-order valence-corrected chi connectivity index (χ1v) is 12.7. The number of imide groups is 1. The Bertz CT molecular complexity index is 1640. The molecule has 198 valence electrons. The van der Waals surface area contributed by atoms with E-state index in [1.807, 2.05) is 42.5 Å². The van der Waals surface area contributed by atoms with Crippen LogP contribution in [0.15, 0.2) is 66.7 Å². The molecule has 1 fully saturated rings. The number of methoxy groups -OCH3 is 2. The Morgan fingerprint density at radius 3 is 2.59 bits per heavy atom. The van der Waals surface area contributed by atoms with Crippen LogP contribution in [0.3, 0.4) is 0 Å². The maximum atomic E-state index is 14.1. The third-order valence-corrected chi connectivity index (χ3v) is 7.79. The zero-order chi connectivity index (χ0) is 27.3. The van der Waals surface area contributed by atoms with Crippen molar-refractivity contribution in [3.05, 3.63) is 89.1 Å². The lowest BCUT2D eigenvalue weighted by atomic mass is 9.87. The number of hydrogen-bond donors (Lipinski definition) is 2. The third-order valence-electron chi connectivity index (χ3n) is 7.79. The van der Waals surface area contributed by atoms with E-state index in [1.165, 1.54) is 0 Å². The van der Waals surface area contributed by atoms with Crippen molar-refractivity contribution in [1.29, 1.82) is 0 Å². The van der Waals surface area contributed by atoms with Gasteiger partial charge in [-0.3, -0.25) is 9.59 Å². The van der Waals surface area contributed by atoms with Crippen LogP contribution in [0.4, 0.5) is 10.5 Å². The predicted octanol–water partition coefficient (Wildman–Crippen LogP) is 4.36. The first kappa shape index (κ1) is 24.5. The number of H-pyrrole nitrogens is 1. The summed E-state index contributed by atoms with van der Waals surface area (Å²) in [5.41, 5.74) is 2.62. The summed E-state index contributed by atoms with van der Waals surface area (Å²) >= 11 is 0. The van der Waals surface area contributed by atoms with E-state index < -0.39 is 23.4 Å². The van der Waals surface area contributed by atoms with Gasteiger partial charge in [0.15, 0.2) is 5.54 Å². The van der Waals surface area contributed by atoms with Crippen LogP contribution in [0.5, 0.6) is 11.5 Å². The molecule has 39 heavy (non-hydrogen) atoms. The second-order valence-electron chi connectivity index (χ2n) is 9.80. The van der Waals surface area contributed by atoms with Crippen LogP contribution in [0.2, 0.25) is 0 Å². The molecule has 4 amide bonds. The molecule has 0 aliphatic carbocycles. The van der Waals surface area contributed by atoms with Crippen molar-refractivity contribution >= 4 is 34.4 Å². The van der Waals surface area contributed by atoms with Gasteiger partial charge in [0.25, 0.3) is 11.8 Å². The van der Waals surface area contributed by atoms with Crippen LogP contribution >= 0.6 is 0 Å². The Morgan fingerprint density at radius 1 is 1.03 bits per heavy atom. The van der Waals surface area contributed by atoms with Crippen LogP contribution in [0.1, 0.15) is 34.1 Å². The first-order chi connectivity index (χ1) is 18.9. The van der Waals surface area contributed by atoms with Crippen LogP contribution in [0.25, 0.3) is 10.9 Å². The van der Waals surface area contributed by atoms with Crippen molar-refractivity contribution in [2.45, 2.75) is 25.4 Å². The number of hydrogen-bond acceptors (Lipinski definition) is 5. The summed E-state index contributed by atoms with van der Waals surface area (Å²) in [5.74, 6) is 0.579. The van der Waals surface area contributed by atoms with Crippen molar-refractivity contribution in [1.82, 2.24) is 15.2 Å². The second-order valence-corrected chi connectivity index (χ2v) is 9.80. The Kier molecular flexibility index (Phi) is 5.79. The molecule has 2 N–H and O–H groups in total. The van der Waals surface area contributed by atoms with Gasteiger partial charge >= 0.3 is 6.03 Å². The Labute approximate surface area is 225 Å². The van der Waals surface area contributed by atoms with Crippen molar-refractivity contribution in [3.8, 4) is 11.5 Å². The summed E-state index contributed by atoms with van der Waals surface area (Å²) in [6.07, 6.45) is 0.589. The molecule has 0 saturated carbocycles. The number of nitrogens with zero attached hydrogens (tertiary/aromatic N) is 2. The molecular formula is C30H28N4O5. The molecule has 4 aromatic rings. The highest BCUT2D eigenvalue weighted by Crippen LogP contribution is 2.46. The number of carbonyl (C=O) groups is 3. The van der Waals surface area contributed by atoms with Crippen LogP contribution in [-0.4, -0.2) is 48.5 Å². The van der Waals surface area contributed by atoms with E-state index in [9.17, 15) is 14.4 Å². The van der Waals surface area contributed by atoms with Crippen LogP contribution in [-0.2, 0) is 23.3 Å². The van der Waals surface area contributed by atoms with E-state index >= 15 is 0 Å². The number of aromatic nitrogens is 1. The Morgan fingerprint density at radius 2 is 1.79 bits per heavy atom. The topological polar surface area (TPSA) is 104 Å². The van der Waals surface area contributed by atoms with Gasteiger partial charge in [0.05, 0.1) is 31.2 Å². The fourth-order valence-corrected chi connectivity index (χ4v) is 5.74. The number of carbonyl (C=O) groups excluding carboxylic acids is 3. The molecule has 3 aromatic carbocycles. The largest absolute Gasteiger partial charge is 0.497 e. The lowest BCUT2D eigenvalue weighted by Gasteiger charge is -2.35. The smallest absolute Gasteiger partial charge is 0.332 e. The quantitative estimate of drug-likeness (QED) is 0.365. The number of rotatable bonds is 6. The minimum atomic E-state index is -1.24. The highest BCUT2D eigenvalue weighted by molar-refractivity contribution is 6.25. The average molecular weight is 525 g/mol. The van der Waals surface area contributed by atoms with Gasteiger partial charge in [0, 0.05) is 29.6 Å². The molecule has 1 saturated heterocycles. The minimum absolute atomic E-state index is 0.227. The number of benzene rings is 3. The van der Waals surface area contributed by atoms with Gasteiger partial charge in [-0.2, -0.15) is 0 Å². The van der Waals surface area contributed by atoms with Gasteiger partial charge in [-0.25, -0.2) is 9.69 Å². The number of aromatic amines is 1. The first-order valence-electron chi connectivity index (χ1n) is 12.7. The summed E-state index contributed by atoms with van der Waals surface area (Å²) < 4.78 is 10.8. The molecule has 1 unspecified atom stereocenters. The highest BCUT2D eigenvalue weighted by Gasteiger charge is 2.59. The molecule has 0 spiro atoms. The Hall–Kier alpha value is -4.79. The maximum absolute atomic E-state index is 14.1. The fourth-order valence-electron chi connectivity index (χ4n) is 5.74. The van der Waals surface area contributed by atoms with E-state index in [2.05, 4.69) is 10.3 Å². The molecule has 9 nitrogen and oxygen atoms in total. The normalized spacial score (nSPS) is 18.2. The van der Waals surface area contributed by atoms with E-state index in [1.54, 1.807) is 50.3 Å². The number of ether oxygens (including phenoxy) is 2. The number of urea groups is 1. The number of amides is 4. The lowest BCUT2D eigenvalue weighted by Crippen LogP contribution is -2.49. The lowest BCUT2D eigenvalue weighted by molar-refractivity contribution is -0.125. The fraction of sp³-hybridized carbons (Fsp3) is 0.233. The molecule has 0 radical (unpaired) electrons. The van der Waals surface area contributed by atoms with E-state index in [4.69, 9.17) is 9.47 Å². The predicted molar refractivity (Wildman–Crippen MR) is 146 cm³/mol. The summed E-state index contributed by atoms with van der Waals surface area (Å²) in [5, 5.41) is 3.87. The molecule has 3 heterocycles.